The number of hydrogen-bond acceptors (Lipinski definition) is 6. The molecular formula is C11H15N3O3S. The Balaban J connectivity index is 3.04. The standard InChI is InChI=1S/C11H15N3O3S/c1-8(12-3)10-6-5-7-11(13-10)9(2)14-17-18(4,15)16/h5-7H,1-4H3. The van der Waals surface area contributed by atoms with Crippen molar-refractivity contribution in [2.45, 2.75) is 13.8 Å². The maximum Gasteiger partial charge on any atom is 0.325 e. The monoisotopic (exact) mass is 269 g/mol. The summed E-state index contributed by atoms with van der Waals surface area (Å²) >= 11 is 0. The lowest BCUT2D eigenvalue weighted by molar-refractivity contribution is 0.343. The molecule has 0 atom stereocenters. The molecule has 0 aliphatic carbocycles. The molecule has 0 N–H and O–H groups in total. The van der Waals surface area contributed by atoms with Gasteiger partial charge in [0, 0.05) is 7.05 Å². The lowest BCUT2D eigenvalue weighted by Crippen LogP contribution is -2.07. The molecule has 1 rings (SSSR count). The van der Waals surface area contributed by atoms with Crippen molar-refractivity contribution in [2.75, 3.05) is 13.3 Å². The molecule has 0 unspecified atom stereocenters. The molecule has 1 heterocycles. The second-order valence-corrected chi connectivity index (χ2v) is 5.23. The van der Waals surface area contributed by atoms with Crippen LogP contribution < -0.4 is 0 Å². The first kappa shape index (κ1) is 14.3. The average Bonchev–Trinajstić information content (AvgIpc) is 2.34. The lowest BCUT2D eigenvalue weighted by Gasteiger charge is -2.03. The number of aliphatic imine (C=N–C) groups is 1. The molecule has 0 saturated carbocycles. The third kappa shape index (κ3) is 4.25. The third-order valence-corrected chi connectivity index (χ3v) is 2.48. The maximum absolute atomic E-state index is 10.8. The highest BCUT2D eigenvalue weighted by Crippen LogP contribution is 2.04. The van der Waals surface area contributed by atoms with Crippen molar-refractivity contribution >= 4 is 21.5 Å². The van der Waals surface area contributed by atoms with E-state index in [2.05, 4.69) is 19.4 Å². The number of nitrogens with zero attached hydrogens (tertiary/aromatic N) is 3. The molecule has 0 amide bonds. The Morgan fingerprint density at radius 3 is 2.28 bits per heavy atom. The summed E-state index contributed by atoms with van der Waals surface area (Å²) in [4.78, 5) is 8.34. The first-order valence-electron chi connectivity index (χ1n) is 5.18. The van der Waals surface area contributed by atoms with Gasteiger partial charge in [-0.2, -0.15) is 8.42 Å². The Morgan fingerprint density at radius 2 is 1.78 bits per heavy atom. The summed E-state index contributed by atoms with van der Waals surface area (Å²) in [5, 5.41) is 3.52. The van der Waals surface area contributed by atoms with E-state index in [0.29, 0.717) is 17.1 Å². The van der Waals surface area contributed by atoms with Crippen molar-refractivity contribution in [3.8, 4) is 0 Å². The van der Waals surface area contributed by atoms with Crippen LogP contribution in [0.3, 0.4) is 0 Å². The largest absolute Gasteiger partial charge is 0.325 e. The molecule has 6 nitrogen and oxygen atoms in total. The molecule has 7 heteroatoms. The zero-order valence-corrected chi connectivity index (χ0v) is 11.5. The van der Waals surface area contributed by atoms with Crippen molar-refractivity contribution in [3.05, 3.63) is 29.6 Å². The van der Waals surface area contributed by atoms with E-state index in [1.54, 1.807) is 26.1 Å². The number of hydrogen-bond donors (Lipinski definition) is 0. The minimum absolute atomic E-state index is 0.381. The van der Waals surface area contributed by atoms with Crippen molar-refractivity contribution < 1.29 is 12.7 Å². The van der Waals surface area contributed by atoms with Crippen molar-refractivity contribution in [2.24, 2.45) is 10.1 Å². The first-order chi connectivity index (χ1) is 8.33. The van der Waals surface area contributed by atoms with Crippen LogP contribution in [-0.2, 0) is 14.4 Å². The van der Waals surface area contributed by atoms with Gasteiger partial charge in [-0.15, -0.1) is 0 Å². The van der Waals surface area contributed by atoms with Crippen molar-refractivity contribution in [1.82, 2.24) is 4.98 Å². The number of pyridine rings is 1. The quantitative estimate of drug-likeness (QED) is 0.608. The van der Waals surface area contributed by atoms with Gasteiger partial charge in [0.2, 0.25) is 0 Å². The normalized spacial score (nSPS) is 13.6. The van der Waals surface area contributed by atoms with E-state index in [9.17, 15) is 8.42 Å². The number of aromatic nitrogens is 1. The Morgan fingerprint density at radius 1 is 1.22 bits per heavy atom. The van der Waals surface area contributed by atoms with Crippen LogP contribution >= 0.6 is 0 Å². The number of rotatable bonds is 4. The summed E-state index contributed by atoms with van der Waals surface area (Å²) in [6.45, 7) is 3.46. The molecule has 1 aromatic heterocycles. The van der Waals surface area contributed by atoms with Gasteiger partial charge in [0.15, 0.2) is 0 Å². The summed E-state index contributed by atoms with van der Waals surface area (Å²) in [5.74, 6) is 0. The summed E-state index contributed by atoms with van der Waals surface area (Å²) in [6, 6.07) is 5.33. The van der Waals surface area contributed by atoms with Crippen molar-refractivity contribution in [3.63, 3.8) is 0 Å². The molecule has 0 aliphatic heterocycles. The molecule has 0 radical (unpaired) electrons. The lowest BCUT2D eigenvalue weighted by atomic mass is 10.2. The fraction of sp³-hybridized carbons (Fsp3) is 0.364. The first-order valence-corrected chi connectivity index (χ1v) is 6.99. The van der Waals surface area contributed by atoms with Gasteiger partial charge in [-0.3, -0.25) is 9.28 Å². The molecule has 1 aromatic rings. The predicted octanol–water partition coefficient (Wildman–Crippen LogP) is 1.22. The van der Waals surface area contributed by atoms with Crippen LogP contribution in [0.25, 0.3) is 0 Å². The number of oxime groups is 1. The van der Waals surface area contributed by atoms with Gasteiger partial charge in [-0.25, -0.2) is 4.98 Å². The molecular weight excluding hydrogens is 254 g/mol. The van der Waals surface area contributed by atoms with Crippen LogP contribution in [-0.4, -0.2) is 38.1 Å². The molecule has 0 spiro atoms. The zero-order chi connectivity index (χ0) is 13.8. The van der Waals surface area contributed by atoms with E-state index < -0.39 is 10.1 Å². The van der Waals surface area contributed by atoms with Crippen LogP contribution in [0.15, 0.2) is 28.3 Å². The molecule has 0 fully saturated rings. The summed E-state index contributed by atoms with van der Waals surface area (Å²) in [6.07, 6.45) is 0.932. The SMILES string of the molecule is CN=C(C)c1cccc(C(C)=NOS(C)(=O)=O)n1. The smallest absolute Gasteiger partial charge is 0.291 e. The average molecular weight is 269 g/mol. The van der Waals surface area contributed by atoms with Gasteiger partial charge < -0.3 is 0 Å². The Hall–Kier alpha value is -1.76. The summed E-state index contributed by atoms with van der Waals surface area (Å²) < 4.78 is 26.0. The Labute approximate surface area is 107 Å². The van der Waals surface area contributed by atoms with Crippen LogP contribution in [0.5, 0.6) is 0 Å². The van der Waals surface area contributed by atoms with Gasteiger partial charge in [0.1, 0.15) is 5.71 Å². The highest BCUT2D eigenvalue weighted by atomic mass is 32.2. The topological polar surface area (TPSA) is 81.0 Å². The van der Waals surface area contributed by atoms with E-state index in [-0.39, 0.29) is 0 Å². The molecule has 0 aliphatic rings. The zero-order valence-electron chi connectivity index (χ0n) is 10.7. The fourth-order valence-electron chi connectivity index (χ4n) is 1.12. The van der Waals surface area contributed by atoms with E-state index >= 15 is 0 Å². The maximum atomic E-state index is 10.8. The van der Waals surface area contributed by atoms with Gasteiger partial charge in [0.05, 0.1) is 23.4 Å². The third-order valence-electron chi connectivity index (χ3n) is 2.14. The molecule has 0 saturated heterocycles. The molecule has 98 valence electrons. The van der Waals surface area contributed by atoms with Gasteiger partial charge in [0.25, 0.3) is 0 Å². The highest BCUT2D eigenvalue weighted by molar-refractivity contribution is 7.85. The minimum atomic E-state index is -3.60. The molecule has 18 heavy (non-hydrogen) atoms. The predicted molar refractivity (Wildman–Crippen MR) is 70.5 cm³/mol. The summed E-state index contributed by atoms with van der Waals surface area (Å²) in [7, 11) is -1.92. The highest BCUT2D eigenvalue weighted by Gasteiger charge is 2.06. The van der Waals surface area contributed by atoms with Crippen LogP contribution in [0.2, 0.25) is 0 Å². The van der Waals surface area contributed by atoms with E-state index in [0.717, 1.165) is 12.0 Å². The van der Waals surface area contributed by atoms with Crippen LogP contribution in [0.4, 0.5) is 0 Å². The molecule has 0 aromatic carbocycles. The van der Waals surface area contributed by atoms with Gasteiger partial charge >= 0.3 is 10.1 Å². The second kappa shape index (κ2) is 5.72. The van der Waals surface area contributed by atoms with Gasteiger partial charge in [-0.1, -0.05) is 11.2 Å². The van der Waals surface area contributed by atoms with Crippen LogP contribution in [0.1, 0.15) is 25.2 Å². The minimum Gasteiger partial charge on any atom is -0.291 e. The van der Waals surface area contributed by atoms with E-state index in [1.165, 1.54) is 0 Å². The summed E-state index contributed by atoms with van der Waals surface area (Å²) in [5.41, 5.74) is 2.42. The van der Waals surface area contributed by atoms with Gasteiger partial charge in [-0.05, 0) is 26.0 Å². The van der Waals surface area contributed by atoms with E-state index in [1.807, 2.05) is 13.0 Å². The van der Waals surface area contributed by atoms with Crippen LogP contribution in [0, 0.1) is 0 Å². The van der Waals surface area contributed by atoms with E-state index in [4.69, 9.17) is 0 Å². The Bertz CT molecular complexity index is 591. The fourth-order valence-corrected chi connectivity index (χ4v) is 1.37. The molecule has 0 bridgehead atoms. The van der Waals surface area contributed by atoms with Crippen molar-refractivity contribution in [1.29, 1.82) is 0 Å². The Kier molecular flexibility index (Phi) is 4.55. The second-order valence-electron chi connectivity index (χ2n) is 3.67.